The molecular weight excluding hydrogens is 550 g/mol. The van der Waals surface area contributed by atoms with Gasteiger partial charge in [-0.25, -0.2) is 8.42 Å². The molecule has 0 radical (unpaired) electrons. The summed E-state index contributed by atoms with van der Waals surface area (Å²) in [6.07, 6.45) is 0. The number of anilines is 1. The number of hydrogen-bond donors (Lipinski definition) is 1. The molecule has 1 N–H and O–H groups in total. The SMILES string of the molecule is COc1cccc(CN(C(=O)CN(c2ccc(Cl)cc2)S(=O)(=O)c2ccc(C)cc2)C(C)C(=O)NCC(C)C)c1. The van der Waals surface area contributed by atoms with Crippen molar-refractivity contribution in [3.63, 3.8) is 0 Å². The van der Waals surface area contributed by atoms with Crippen LogP contribution >= 0.6 is 11.6 Å². The number of rotatable bonds is 12. The van der Waals surface area contributed by atoms with Crippen LogP contribution in [0.2, 0.25) is 5.02 Å². The lowest BCUT2D eigenvalue weighted by Crippen LogP contribution is -2.51. The van der Waals surface area contributed by atoms with Crippen molar-refractivity contribution in [1.29, 1.82) is 0 Å². The monoisotopic (exact) mass is 585 g/mol. The molecule has 0 fully saturated rings. The maximum Gasteiger partial charge on any atom is 0.264 e. The summed E-state index contributed by atoms with van der Waals surface area (Å²) in [6, 6.07) is 18.9. The third-order valence-corrected chi connectivity index (χ3v) is 8.38. The predicted molar refractivity (Wildman–Crippen MR) is 158 cm³/mol. The van der Waals surface area contributed by atoms with Gasteiger partial charge in [0, 0.05) is 18.1 Å². The zero-order valence-electron chi connectivity index (χ0n) is 23.4. The van der Waals surface area contributed by atoms with E-state index < -0.39 is 28.5 Å². The maximum absolute atomic E-state index is 14.0. The average molecular weight is 586 g/mol. The Bertz CT molecular complexity index is 1410. The molecule has 2 amide bonds. The Labute approximate surface area is 241 Å². The number of carbonyl (C=O) groups excluding carboxylic acids is 2. The second-order valence-electron chi connectivity index (χ2n) is 9.99. The van der Waals surface area contributed by atoms with Crippen molar-refractivity contribution in [2.45, 2.75) is 45.2 Å². The number of nitrogens with one attached hydrogen (secondary N) is 1. The highest BCUT2D eigenvalue weighted by molar-refractivity contribution is 7.92. The molecule has 0 spiro atoms. The molecule has 0 aromatic heterocycles. The zero-order chi connectivity index (χ0) is 29.4. The van der Waals surface area contributed by atoms with Gasteiger partial charge in [0.25, 0.3) is 10.0 Å². The predicted octanol–water partition coefficient (Wildman–Crippen LogP) is 5.04. The van der Waals surface area contributed by atoms with Gasteiger partial charge in [-0.05, 0) is 73.9 Å². The van der Waals surface area contributed by atoms with E-state index in [4.69, 9.17) is 16.3 Å². The normalized spacial score (nSPS) is 12.1. The molecule has 1 unspecified atom stereocenters. The van der Waals surface area contributed by atoms with Crippen LogP contribution < -0.4 is 14.4 Å². The number of nitrogens with zero attached hydrogens (tertiary/aromatic N) is 2. The van der Waals surface area contributed by atoms with Crippen LogP contribution in [0, 0.1) is 12.8 Å². The molecule has 8 nitrogen and oxygen atoms in total. The minimum atomic E-state index is -4.14. The smallest absolute Gasteiger partial charge is 0.264 e. The van der Waals surface area contributed by atoms with Crippen LogP contribution in [0.3, 0.4) is 0 Å². The van der Waals surface area contributed by atoms with Gasteiger partial charge in [0.15, 0.2) is 0 Å². The van der Waals surface area contributed by atoms with Crippen molar-refractivity contribution in [2.75, 3.05) is 24.5 Å². The number of amides is 2. The van der Waals surface area contributed by atoms with Gasteiger partial charge < -0.3 is 15.0 Å². The summed E-state index contributed by atoms with van der Waals surface area (Å²) in [4.78, 5) is 28.5. The van der Waals surface area contributed by atoms with Gasteiger partial charge in [0.05, 0.1) is 17.7 Å². The fourth-order valence-corrected chi connectivity index (χ4v) is 5.52. The molecule has 0 bridgehead atoms. The fourth-order valence-electron chi connectivity index (χ4n) is 3.98. The fraction of sp³-hybridized carbons (Fsp3) is 0.333. The van der Waals surface area contributed by atoms with Crippen molar-refractivity contribution in [2.24, 2.45) is 5.92 Å². The lowest BCUT2D eigenvalue weighted by atomic mass is 10.1. The highest BCUT2D eigenvalue weighted by Crippen LogP contribution is 2.26. The number of benzene rings is 3. The molecular formula is C30H36ClN3O5S. The number of carbonyl (C=O) groups is 2. The molecule has 10 heteroatoms. The van der Waals surface area contributed by atoms with E-state index in [1.54, 1.807) is 68.6 Å². The summed E-state index contributed by atoms with van der Waals surface area (Å²) in [5, 5.41) is 3.30. The third kappa shape index (κ3) is 7.99. The van der Waals surface area contributed by atoms with Crippen LogP contribution in [0.15, 0.2) is 77.7 Å². The first-order valence-electron chi connectivity index (χ1n) is 13.0. The Kier molecular flexibility index (Phi) is 10.6. The first-order chi connectivity index (χ1) is 18.9. The summed E-state index contributed by atoms with van der Waals surface area (Å²) >= 11 is 6.07. The highest BCUT2D eigenvalue weighted by atomic mass is 35.5. The number of aryl methyl sites for hydroxylation is 1. The van der Waals surface area contributed by atoms with Gasteiger partial charge in [-0.3, -0.25) is 13.9 Å². The van der Waals surface area contributed by atoms with Gasteiger partial charge in [-0.1, -0.05) is 55.3 Å². The Morgan fingerprint density at radius 2 is 1.62 bits per heavy atom. The molecule has 3 aromatic rings. The lowest BCUT2D eigenvalue weighted by Gasteiger charge is -2.32. The second-order valence-corrected chi connectivity index (χ2v) is 12.3. The summed E-state index contributed by atoms with van der Waals surface area (Å²) in [6.45, 7) is 7.44. The van der Waals surface area contributed by atoms with E-state index in [9.17, 15) is 18.0 Å². The maximum atomic E-state index is 14.0. The quantitative estimate of drug-likeness (QED) is 0.321. The van der Waals surface area contributed by atoms with E-state index in [1.165, 1.54) is 17.0 Å². The van der Waals surface area contributed by atoms with E-state index in [-0.39, 0.29) is 29.0 Å². The van der Waals surface area contributed by atoms with Gasteiger partial charge in [0.1, 0.15) is 18.3 Å². The summed E-state index contributed by atoms with van der Waals surface area (Å²) in [5.74, 6) is -0.0460. The minimum absolute atomic E-state index is 0.0444. The first kappa shape index (κ1) is 31.0. The Morgan fingerprint density at radius 3 is 2.23 bits per heavy atom. The van der Waals surface area contributed by atoms with Crippen LogP contribution in [-0.2, 0) is 26.2 Å². The zero-order valence-corrected chi connectivity index (χ0v) is 25.0. The van der Waals surface area contributed by atoms with Gasteiger partial charge >= 0.3 is 0 Å². The Balaban J connectivity index is 2.01. The van der Waals surface area contributed by atoms with Crippen molar-refractivity contribution in [1.82, 2.24) is 10.2 Å². The topological polar surface area (TPSA) is 96.0 Å². The Morgan fingerprint density at radius 1 is 0.975 bits per heavy atom. The average Bonchev–Trinajstić information content (AvgIpc) is 2.93. The van der Waals surface area contributed by atoms with Crippen molar-refractivity contribution in [3.05, 3.63) is 88.9 Å². The first-order valence-corrected chi connectivity index (χ1v) is 14.8. The molecule has 214 valence electrons. The van der Waals surface area contributed by atoms with E-state index in [0.29, 0.717) is 17.3 Å². The standard InChI is InChI=1S/C30H36ClN3O5S/c1-21(2)18-32-30(36)23(4)33(19-24-7-6-8-27(17-24)39-5)29(35)20-34(26-13-11-25(31)12-14-26)40(37,38)28-15-9-22(3)10-16-28/h6-17,21,23H,18-20H2,1-5H3,(H,32,36). The molecule has 0 aliphatic carbocycles. The van der Waals surface area contributed by atoms with Crippen molar-refractivity contribution >= 4 is 39.1 Å². The van der Waals surface area contributed by atoms with Crippen LogP contribution in [0.1, 0.15) is 31.9 Å². The molecule has 1 atom stereocenters. The van der Waals surface area contributed by atoms with Gasteiger partial charge in [-0.2, -0.15) is 0 Å². The highest BCUT2D eigenvalue weighted by Gasteiger charge is 2.32. The molecule has 40 heavy (non-hydrogen) atoms. The van der Waals surface area contributed by atoms with Crippen LogP contribution in [-0.4, -0.2) is 51.4 Å². The minimum Gasteiger partial charge on any atom is -0.497 e. The molecule has 3 rings (SSSR count). The summed E-state index contributed by atoms with van der Waals surface area (Å²) < 4.78 is 34.0. The molecule has 0 aliphatic heterocycles. The number of halogens is 1. The van der Waals surface area contributed by atoms with E-state index >= 15 is 0 Å². The van der Waals surface area contributed by atoms with Crippen LogP contribution in [0.5, 0.6) is 5.75 Å². The number of ether oxygens (including phenoxy) is 1. The lowest BCUT2D eigenvalue weighted by molar-refractivity contribution is -0.139. The van der Waals surface area contributed by atoms with E-state index in [0.717, 1.165) is 15.4 Å². The number of methoxy groups -OCH3 is 1. The van der Waals surface area contributed by atoms with Gasteiger partial charge in [-0.15, -0.1) is 0 Å². The third-order valence-electron chi connectivity index (χ3n) is 6.34. The van der Waals surface area contributed by atoms with Crippen LogP contribution in [0.25, 0.3) is 0 Å². The molecule has 0 aliphatic rings. The second kappa shape index (κ2) is 13.7. The number of hydrogen-bond acceptors (Lipinski definition) is 5. The van der Waals surface area contributed by atoms with E-state index in [2.05, 4.69) is 5.32 Å². The van der Waals surface area contributed by atoms with Crippen molar-refractivity contribution in [3.8, 4) is 5.75 Å². The molecule has 0 saturated carbocycles. The Hall–Kier alpha value is -3.56. The van der Waals surface area contributed by atoms with E-state index in [1.807, 2.05) is 26.8 Å². The molecule has 0 saturated heterocycles. The van der Waals surface area contributed by atoms with Crippen molar-refractivity contribution < 1.29 is 22.7 Å². The largest absolute Gasteiger partial charge is 0.497 e. The van der Waals surface area contributed by atoms with Gasteiger partial charge in [0.2, 0.25) is 11.8 Å². The molecule has 3 aromatic carbocycles. The summed E-state index contributed by atoms with van der Waals surface area (Å²) in [5.41, 5.74) is 1.91. The summed E-state index contributed by atoms with van der Waals surface area (Å²) in [7, 11) is -2.60. The molecule has 0 heterocycles. The van der Waals surface area contributed by atoms with Crippen LogP contribution in [0.4, 0.5) is 5.69 Å². The number of sulfonamides is 1.